The van der Waals surface area contributed by atoms with Crippen molar-refractivity contribution in [1.29, 1.82) is 0 Å². The minimum atomic E-state index is 0. The topological polar surface area (TPSA) is 50.2 Å². The molecule has 0 spiro atoms. The second-order valence-corrected chi connectivity index (χ2v) is 12.9. The van der Waals surface area contributed by atoms with Gasteiger partial charge in [-0.05, 0) is 73.0 Å². The van der Waals surface area contributed by atoms with Crippen molar-refractivity contribution in [3.8, 4) is 11.3 Å². The predicted octanol–water partition coefficient (Wildman–Crippen LogP) is 10.9. The molecule has 0 saturated carbocycles. The molecule has 3 nitrogen and oxygen atoms in total. The molecule has 0 amide bonds. The fourth-order valence-electron chi connectivity index (χ4n) is 5.31. The van der Waals surface area contributed by atoms with Gasteiger partial charge in [0.1, 0.15) is 0 Å². The smallest absolute Gasteiger partial charge is 0.162 e. The Kier molecular flexibility index (Phi) is 11.9. The molecule has 219 valence electrons. The van der Waals surface area contributed by atoms with E-state index in [0.29, 0.717) is 0 Å². The SMILES string of the molecule is CCC(CC)C(=O)/C=C(\O)C(CC)CC.Cc1cc2c(s1)c(-c1nccc3c(C)c(C)sc13)[c-]c1ccccc12.[Ir]. The summed E-state index contributed by atoms with van der Waals surface area (Å²) in [6, 6.07) is 16.6. The summed E-state index contributed by atoms with van der Waals surface area (Å²) in [5.74, 6) is 0.547. The Balaban J connectivity index is 0.000000253. The second-order valence-electron chi connectivity index (χ2n) is 10.5. The fraction of sp³-hybridized carbons (Fsp3) is 0.371. The van der Waals surface area contributed by atoms with Crippen molar-refractivity contribution < 1.29 is 30.0 Å². The van der Waals surface area contributed by atoms with E-state index in [1.54, 1.807) is 0 Å². The largest absolute Gasteiger partial charge is 0.512 e. The average Bonchev–Trinajstić information content (AvgIpc) is 3.48. The first kappa shape index (κ1) is 33.1. The third-order valence-electron chi connectivity index (χ3n) is 7.97. The van der Waals surface area contributed by atoms with Crippen molar-refractivity contribution in [3.63, 3.8) is 0 Å². The number of thiophene rings is 2. The molecule has 5 aromatic rings. The van der Waals surface area contributed by atoms with Gasteiger partial charge in [0.25, 0.3) is 0 Å². The fourth-order valence-corrected chi connectivity index (χ4v) is 7.49. The van der Waals surface area contributed by atoms with Crippen LogP contribution in [0.1, 0.15) is 68.7 Å². The Morgan fingerprint density at radius 1 is 0.902 bits per heavy atom. The van der Waals surface area contributed by atoms with Gasteiger partial charge in [-0.3, -0.25) is 9.78 Å². The first-order valence-electron chi connectivity index (χ1n) is 14.4. The van der Waals surface area contributed by atoms with Crippen LogP contribution in [0.2, 0.25) is 0 Å². The monoisotopic (exact) mass is 763 g/mol. The van der Waals surface area contributed by atoms with Gasteiger partial charge in [-0.1, -0.05) is 68.3 Å². The van der Waals surface area contributed by atoms with Crippen molar-refractivity contribution >= 4 is 59.4 Å². The van der Waals surface area contributed by atoms with Crippen LogP contribution in [0.25, 0.3) is 42.2 Å². The van der Waals surface area contributed by atoms with E-state index in [9.17, 15) is 9.90 Å². The number of aromatic nitrogens is 1. The van der Waals surface area contributed by atoms with Crippen LogP contribution in [0, 0.1) is 38.7 Å². The van der Waals surface area contributed by atoms with E-state index in [0.717, 1.165) is 42.3 Å². The van der Waals surface area contributed by atoms with Crippen molar-refractivity contribution in [3.05, 3.63) is 75.8 Å². The quantitative estimate of drug-likeness (QED) is 0.0973. The standard InChI is InChI=1S/C22H16NS2.C13H24O2.Ir/c1-12-10-18-17-7-5-4-6-15(17)11-19(21(18)24-12)20-22-16(8-9-23-20)13(2)14(3)25-22;1-5-10(6-2)12(14)9-13(15)11(7-3)8-4;/h4-10H,1-3H3;9-11,14H,5-8H2,1-4H3;/q-1;;/b;12-9-;. The van der Waals surface area contributed by atoms with E-state index in [2.05, 4.69) is 63.2 Å². The number of rotatable bonds is 8. The molecule has 0 bridgehead atoms. The maximum atomic E-state index is 11.7. The Morgan fingerprint density at radius 2 is 1.56 bits per heavy atom. The van der Waals surface area contributed by atoms with Gasteiger partial charge in [-0.2, -0.15) is 11.3 Å². The number of nitrogens with zero attached hydrogens (tertiary/aromatic N) is 1. The van der Waals surface area contributed by atoms with E-state index in [1.807, 2.05) is 56.6 Å². The number of benzene rings is 2. The van der Waals surface area contributed by atoms with Gasteiger partial charge in [0.05, 0.1) is 5.76 Å². The van der Waals surface area contributed by atoms with Crippen molar-refractivity contribution in [1.82, 2.24) is 4.98 Å². The first-order valence-corrected chi connectivity index (χ1v) is 16.0. The molecule has 6 heteroatoms. The van der Waals surface area contributed by atoms with E-state index in [1.165, 1.54) is 47.0 Å². The van der Waals surface area contributed by atoms with E-state index >= 15 is 0 Å². The van der Waals surface area contributed by atoms with Crippen LogP contribution < -0.4 is 0 Å². The molecule has 0 fully saturated rings. The molecule has 0 aliphatic heterocycles. The van der Waals surface area contributed by atoms with Crippen LogP contribution in [0.3, 0.4) is 0 Å². The normalized spacial score (nSPS) is 11.8. The summed E-state index contributed by atoms with van der Waals surface area (Å²) >= 11 is 3.68. The number of carbonyl (C=O) groups is 1. The van der Waals surface area contributed by atoms with Crippen molar-refractivity contribution in [2.45, 2.75) is 74.1 Å². The number of allylic oxidation sites excluding steroid dienone is 2. The molecule has 0 atom stereocenters. The third kappa shape index (κ3) is 7.00. The second kappa shape index (κ2) is 14.7. The minimum Gasteiger partial charge on any atom is -0.512 e. The Hall–Kier alpha value is -2.37. The number of pyridine rings is 1. The van der Waals surface area contributed by atoms with Gasteiger partial charge >= 0.3 is 0 Å². The summed E-state index contributed by atoms with van der Waals surface area (Å²) in [7, 11) is 0. The number of hydrogen-bond acceptors (Lipinski definition) is 5. The molecule has 0 unspecified atom stereocenters. The van der Waals surface area contributed by atoms with Crippen LogP contribution in [-0.4, -0.2) is 15.9 Å². The minimum absolute atomic E-state index is 0. The summed E-state index contributed by atoms with van der Waals surface area (Å²) in [6.45, 7) is 14.6. The molecule has 0 saturated heterocycles. The number of carbonyl (C=O) groups excluding carboxylic acids is 1. The van der Waals surface area contributed by atoms with Gasteiger partial charge in [0, 0.05) is 59.5 Å². The van der Waals surface area contributed by atoms with Crippen LogP contribution in [0.4, 0.5) is 0 Å². The summed E-state index contributed by atoms with van der Waals surface area (Å²) in [5.41, 5.74) is 3.57. The molecule has 0 aliphatic carbocycles. The molecule has 5 rings (SSSR count). The van der Waals surface area contributed by atoms with Crippen molar-refractivity contribution in [2.75, 3.05) is 0 Å². The summed E-state index contributed by atoms with van der Waals surface area (Å²) in [5, 5.41) is 14.8. The van der Waals surface area contributed by atoms with Crippen LogP contribution in [0.5, 0.6) is 0 Å². The molecular weight excluding hydrogens is 723 g/mol. The van der Waals surface area contributed by atoms with Crippen LogP contribution in [-0.2, 0) is 24.9 Å². The Morgan fingerprint density at radius 3 is 2.22 bits per heavy atom. The molecule has 3 heterocycles. The van der Waals surface area contributed by atoms with Crippen molar-refractivity contribution in [2.24, 2.45) is 11.8 Å². The van der Waals surface area contributed by atoms with Gasteiger partial charge in [0.15, 0.2) is 5.78 Å². The summed E-state index contributed by atoms with van der Waals surface area (Å²) < 4.78 is 2.57. The predicted molar refractivity (Wildman–Crippen MR) is 175 cm³/mol. The number of aliphatic hydroxyl groups excluding tert-OH is 1. The summed E-state index contributed by atoms with van der Waals surface area (Å²) in [4.78, 5) is 19.2. The average molecular weight is 763 g/mol. The number of hydrogen-bond donors (Lipinski definition) is 1. The summed E-state index contributed by atoms with van der Waals surface area (Å²) in [6.07, 6.45) is 6.84. The third-order valence-corrected chi connectivity index (χ3v) is 10.3. The zero-order valence-electron chi connectivity index (χ0n) is 25.1. The molecular formula is C35H40IrNO2S2-. The van der Waals surface area contributed by atoms with E-state index in [-0.39, 0.29) is 43.5 Å². The number of ketones is 1. The molecule has 2 aromatic carbocycles. The molecule has 3 aromatic heterocycles. The van der Waals surface area contributed by atoms with E-state index in [4.69, 9.17) is 4.98 Å². The van der Waals surface area contributed by atoms with Gasteiger partial charge < -0.3 is 5.11 Å². The maximum absolute atomic E-state index is 11.7. The molecule has 1 radical (unpaired) electrons. The maximum Gasteiger partial charge on any atom is 0.162 e. The zero-order chi connectivity index (χ0) is 29.0. The Labute approximate surface area is 266 Å². The van der Waals surface area contributed by atoms with Gasteiger partial charge in [-0.25, -0.2) is 0 Å². The van der Waals surface area contributed by atoms with E-state index < -0.39 is 0 Å². The zero-order valence-corrected chi connectivity index (χ0v) is 29.1. The van der Waals surface area contributed by atoms with Crippen LogP contribution >= 0.6 is 22.7 Å². The molecule has 0 aliphatic rings. The molecule has 41 heavy (non-hydrogen) atoms. The number of aryl methyl sites for hydroxylation is 3. The number of aliphatic hydroxyl groups is 1. The Bertz CT molecular complexity index is 1670. The first-order chi connectivity index (χ1) is 19.2. The van der Waals surface area contributed by atoms with Gasteiger partial charge in [0.2, 0.25) is 0 Å². The number of fused-ring (bicyclic) bond motifs is 4. The molecule has 1 N–H and O–H groups in total. The van der Waals surface area contributed by atoms with Gasteiger partial charge in [-0.15, -0.1) is 28.9 Å². The van der Waals surface area contributed by atoms with Crippen LogP contribution in [0.15, 0.2) is 54.4 Å².